The monoisotopic (exact) mass is 342 g/mol. The highest BCUT2D eigenvalue weighted by Crippen LogP contribution is 2.30. The number of piperazine rings is 1. The Bertz CT molecular complexity index is 404. The fourth-order valence-electron chi connectivity index (χ4n) is 2.43. The lowest BCUT2D eigenvalue weighted by Crippen LogP contribution is -2.46. The highest BCUT2D eigenvalue weighted by Gasteiger charge is 2.30. The molecule has 7 heteroatoms. The van der Waals surface area contributed by atoms with Gasteiger partial charge in [-0.3, -0.25) is 4.90 Å². The van der Waals surface area contributed by atoms with Gasteiger partial charge in [-0.15, -0.1) is 24.8 Å². The molecule has 0 saturated carbocycles. The van der Waals surface area contributed by atoms with Crippen LogP contribution in [0.5, 0.6) is 5.75 Å². The maximum atomic E-state index is 13.4. The quantitative estimate of drug-likeness (QED) is 0.889. The van der Waals surface area contributed by atoms with E-state index in [2.05, 4.69) is 5.32 Å². The van der Waals surface area contributed by atoms with Gasteiger partial charge in [-0.2, -0.15) is 0 Å². The number of rotatable bonds is 5. The smallest absolute Gasteiger partial charge is 0.258 e. The van der Waals surface area contributed by atoms with E-state index in [1.165, 1.54) is 0 Å². The van der Waals surface area contributed by atoms with Crippen molar-refractivity contribution in [1.29, 1.82) is 0 Å². The predicted octanol–water partition coefficient (Wildman–Crippen LogP) is 3.14. The van der Waals surface area contributed by atoms with Crippen molar-refractivity contribution in [1.82, 2.24) is 10.2 Å². The molecule has 21 heavy (non-hydrogen) atoms. The van der Waals surface area contributed by atoms with Gasteiger partial charge in [0.2, 0.25) is 0 Å². The average molecular weight is 343 g/mol. The average Bonchev–Trinajstić information content (AvgIpc) is 2.40. The number of hydrogen-bond acceptors (Lipinski definition) is 3. The molecule has 1 heterocycles. The Morgan fingerprint density at radius 1 is 1.24 bits per heavy atom. The van der Waals surface area contributed by atoms with Gasteiger partial charge in [-0.05, 0) is 24.6 Å². The highest BCUT2D eigenvalue weighted by atomic mass is 35.5. The lowest BCUT2D eigenvalue weighted by atomic mass is 10.0. The van der Waals surface area contributed by atoms with E-state index >= 15 is 0 Å². The van der Waals surface area contributed by atoms with Crippen molar-refractivity contribution in [3.05, 3.63) is 29.8 Å². The van der Waals surface area contributed by atoms with Gasteiger partial charge in [-0.25, -0.2) is 8.78 Å². The third-order valence-corrected chi connectivity index (χ3v) is 3.29. The molecule has 1 aliphatic heterocycles. The molecule has 1 aliphatic rings. The number of benzene rings is 1. The summed E-state index contributed by atoms with van der Waals surface area (Å²) in [5, 5.41) is 3.18. The van der Waals surface area contributed by atoms with Gasteiger partial charge in [0.25, 0.3) is 6.43 Å². The Balaban J connectivity index is 0.00000200. The van der Waals surface area contributed by atoms with E-state index in [-0.39, 0.29) is 24.8 Å². The zero-order chi connectivity index (χ0) is 13.7. The first-order chi connectivity index (χ1) is 9.22. The first kappa shape index (κ1) is 20.4. The van der Waals surface area contributed by atoms with Gasteiger partial charge in [0.05, 0.1) is 12.6 Å². The molecule has 1 saturated heterocycles. The van der Waals surface area contributed by atoms with Gasteiger partial charge in [0, 0.05) is 26.2 Å². The SMILES string of the molecule is CCOc1cccc([C@@H](C(F)F)N2CCNCC2)c1.Cl.Cl. The van der Waals surface area contributed by atoms with E-state index < -0.39 is 12.5 Å². The molecule has 3 nitrogen and oxygen atoms in total. The molecule has 0 amide bonds. The summed E-state index contributed by atoms with van der Waals surface area (Å²) in [4.78, 5) is 1.84. The van der Waals surface area contributed by atoms with Crippen molar-refractivity contribution in [3.63, 3.8) is 0 Å². The van der Waals surface area contributed by atoms with Crippen LogP contribution in [0, 0.1) is 0 Å². The van der Waals surface area contributed by atoms with E-state index in [1.807, 2.05) is 11.8 Å². The number of hydrogen-bond donors (Lipinski definition) is 1. The molecular weight excluding hydrogens is 321 g/mol. The van der Waals surface area contributed by atoms with Crippen LogP contribution in [0.4, 0.5) is 8.78 Å². The normalized spacial score (nSPS) is 16.8. The van der Waals surface area contributed by atoms with Gasteiger partial charge in [0.1, 0.15) is 5.75 Å². The second kappa shape index (κ2) is 10.2. The van der Waals surface area contributed by atoms with Crippen LogP contribution >= 0.6 is 24.8 Å². The number of nitrogens with one attached hydrogen (secondary N) is 1. The molecular formula is C14H22Cl2F2N2O. The number of nitrogens with zero attached hydrogens (tertiary/aromatic N) is 1. The third kappa shape index (κ3) is 5.58. The fraction of sp³-hybridized carbons (Fsp3) is 0.571. The Hall–Kier alpha value is -0.620. The van der Waals surface area contributed by atoms with E-state index in [4.69, 9.17) is 4.74 Å². The minimum absolute atomic E-state index is 0. The first-order valence-corrected chi connectivity index (χ1v) is 6.68. The lowest BCUT2D eigenvalue weighted by Gasteiger charge is -2.34. The molecule has 1 N–H and O–H groups in total. The Labute approximate surface area is 136 Å². The number of alkyl halides is 2. The van der Waals surface area contributed by atoms with E-state index in [1.54, 1.807) is 24.3 Å². The highest BCUT2D eigenvalue weighted by molar-refractivity contribution is 5.85. The van der Waals surface area contributed by atoms with E-state index in [0.29, 0.717) is 31.0 Å². The maximum Gasteiger partial charge on any atom is 0.258 e. The summed E-state index contributed by atoms with van der Waals surface area (Å²) in [5.74, 6) is 0.654. The summed E-state index contributed by atoms with van der Waals surface area (Å²) in [6.07, 6.45) is -2.39. The molecule has 2 rings (SSSR count). The van der Waals surface area contributed by atoms with Crippen LogP contribution in [-0.2, 0) is 0 Å². The number of halogens is 4. The minimum atomic E-state index is -2.39. The van der Waals surface area contributed by atoms with Crippen LogP contribution < -0.4 is 10.1 Å². The molecule has 1 atom stereocenters. The van der Waals surface area contributed by atoms with Gasteiger partial charge in [0.15, 0.2) is 0 Å². The molecule has 0 unspecified atom stereocenters. The van der Waals surface area contributed by atoms with Crippen LogP contribution in [-0.4, -0.2) is 44.1 Å². The van der Waals surface area contributed by atoms with E-state index in [9.17, 15) is 8.78 Å². The van der Waals surface area contributed by atoms with Crippen LogP contribution in [0.2, 0.25) is 0 Å². The van der Waals surface area contributed by atoms with Gasteiger partial charge < -0.3 is 10.1 Å². The largest absolute Gasteiger partial charge is 0.494 e. The maximum absolute atomic E-state index is 13.4. The second-order valence-electron chi connectivity index (χ2n) is 4.57. The van der Waals surface area contributed by atoms with Crippen LogP contribution in [0.25, 0.3) is 0 Å². The molecule has 0 spiro atoms. The van der Waals surface area contributed by atoms with Crippen molar-refractivity contribution >= 4 is 24.8 Å². The molecule has 0 aromatic heterocycles. The Kier molecular flexibility index (Phi) is 9.86. The van der Waals surface area contributed by atoms with Crippen molar-refractivity contribution in [2.24, 2.45) is 0 Å². The van der Waals surface area contributed by atoms with E-state index in [0.717, 1.165) is 13.1 Å². The molecule has 0 radical (unpaired) electrons. The van der Waals surface area contributed by atoms with Crippen molar-refractivity contribution < 1.29 is 13.5 Å². The van der Waals surface area contributed by atoms with Gasteiger partial charge >= 0.3 is 0 Å². The third-order valence-electron chi connectivity index (χ3n) is 3.29. The molecule has 0 aliphatic carbocycles. The molecule has 1 aromatic carbocycles. The second-order valence-corrected chi connectivity index (χ2v) is 4.57. The van der Waals surface area contributed by atoms with Crippen LogP contribution in [0.1, 0.15) is 18.5 Å². The zero-order valence-corrected chi connectivity index (χ0v) is 13.6. The van der Waals surface area contributed by atoms with Crippen molar-refractivity contribution in [2.75, 3.05) is 32.8 Å². The predicted molar refractivity (Wildman–Crippen MR) is 85.3 cm³/mol. The summed E-state index contributed by atoms with van der Waals surface area (Å²) in [5.41, 5.74) is 0.628. The summed E-state index contributed by atoms with van der Waals surface area (Å²) < 4.78 is 32.2. The minimum Gasteiger partial charge on any atom is -0.494 e. The van der Waals surface area contributed by atoms with Crippen molar-refractivity contribution in [2.45, 2.75) is 19.4 Å². The standard InChI is InChI=1S/C14H20F2N2O.2ClH/c1-2-19-12-5-3-4-11(10-12)13(14(15)16)18-8-6-17-7-9-18;;/h3-5,10,13-14,17H,2,6-9H2,1H3;2*1H/t13-;;/m0../s1. The van der Waals surface area contributed by atoms with Gasteiger partial charge in [-0.1, -0.05) is 12.1 Å². The molecule has 0 bridgehead atoms. The Morgan fingerprint density at radius 3 is 2.48 bits per heavy atom. The molecule has 1 aromatic rings. The summed E-state index contributed by atoms with van der Waals surface area (Å²) in [6.45, 7) is 5.23. The van der Waals surface area contributed by atoms with Crippen molar-refractivity contribution in [3.8, 4) is 5.75 Å². The summed E-state index contributed by atoms with van der Waals surface area (Å²) >= 11 is 0. The molecule has 1 fully saturated rings. The number of ether oxygens (including phenoxy) is 1. The summed E-state index contributed by atoms with van der Waals surface area (Å²) in [7, 11) is 0. The molecule has 122 valence electrons. The topological polar surface area (TPSA) is 24.5 Å². The fourth-order valence-corrected chi connectivity index (χ4v) is 2.43. The zero-order valence-electron chi connectivity index (χ0n) is 11.9. The first-order valence-electron chi connectivity index (χ1n) is 6.68. The lowest BCUT2D eigenvalue weighted by molar-refractivity contribution is 0.0181. The summed E-state index contributed by atoms with van der Waals surface area (Å²) in [6, 6.07) is 6.21. The van der Waals surface area contributed by atoms with Crippen LogP contribution in [0.15, 0.2) is 24.3 Å². The Morgan fingerprint density at radius 2 is 1.90 bits per heavy atom. The van der Waals surface area contributed by atoms with Crippen LogP contribution in [0.3, 0.4) is 0 Å².